The molecule has 1 aromatic rings. The number of benzene rings is 1. The highest BCUT2D eigenvalue weighted by molar-refractivity contribution is 6.30. The van der Waals surface area contributed by atoms with Gasteiger partial charge >= 0.3 is 0 Å². The van der Waals surface area contributed by atoms with Crippen LogP contribution in [0.5, 0.6) is 0 Å². The second-order valence-corrected chi connectivity index (χ2v) is 5.69. The molecule has 0 radical (unpaired) electrons. The SMILES string of the molecule is CC1CN(C(C)C(=O)c2ccc(Cl)cc2)CC(C)O1. The van der Waals surface area contributed by atoms with E-state index < -0.39 is 0 Å². The van der Waals surface area contributed by atoms with E-state index in [2.05, 4.69) is 4.90 Å². The molecule has 0 spiro atoms. The van der Waals surface area contributed by atoms with Crippen LogP contribution in [0.3, 0.4) is 0 Å². The summed E-state index contributed by atoms with van der Waals surface area (Å²) in [5.41, 5.74) is 0.712. The van der Waals surface area contributed by atoms with Crippen molar-refractivity contribution in [1.29, 1.82) is 0 Å². The van der Waals surface area contributed by atoms with Crippen molar-refractivity contribution in [2.45, 2.75) is 39.0 Å². The van der Waals surface area contributed by atoms with E-state index in [1.807, 2.05) is 20.8 Å². The summed E-state index contributed by atoms with van der Waals surface area (Å²) >= 11 is 5.84. The van der Waals surface area contributed by atoms with Gasteiger partial charge in [-0.1, -0.05) is 11.6 Å². The first-order valence-corrected chi connectivity index (χ1v) is 7.04. The number of morpholine rings is 1. The third kappa shape index (κ3) is 3.56. The number of Topliss-reactive ketones (excluding diaryl/α,β-unsaturated/α-hetero) is 1. The number of ketones is 1. The monoisotopic (exact) mass is 281 g/mol. The molecule has 4 heteroatoms. The summed E-state index contributed by atoms with van der Waals surface area (Å²) in [6.45, 7) is 7.64. The Morgan fingerprint density at radius 3 is 2.32 bits per heavy atom. The lowest BCUT2D eigenvalue weighted by molar-refractivity contribution is -0.0744. The minimum Gasteiger partial charge on any atom is -0.373 e. The maximum atomic E-state index is 12.4. The molecule has 1 fully saturated rings. The smallest absolute Gasteiger partial charge is 0.179 e. The summed E-state index contributed by atoms with van der Waals surface area (Å²) in [4.78, 5) is 14.6. The number of carbonyl (C=O) groups is 1. The van der Waals surface area contributed by atoms with E-state index in [0.717, 1.165) is 13.1 Å². The van der Waals surface area contributed by atoms with Gasteiger partial charge in [-0.3, -0.25) is 9.69 Å². The number of carbonyl (C=O) groups excluding carboxylic acids is 1. The van der Waals surface area contributed by atoms with Gasteiger partial charge in [0.25, 0.3) is 0 Å². The van der Waals surface area contributed by atoms with Crippen molar-refractivity contribution < 1.29 is 9.53 Å². The molecular weight excluding hydrogens is 262 g/mol. The Balaban J connectivity index is 2.08. The van der Waals surface area contributed by atoms with E-state index in [4.69, 9.17) is 16.3 Å². The normalized spacial score (nSPS) is 26.1. The average Bonchev–Trinajstić information content (AvgIpc) is 2.37. The van der Waals surface area contributed by atoms with Gasteiger partial charge in [-0.15, -0.1) is 0 Å². The molecule has 0 bridgehead atoms. The summed E-state index contributed by atoms with van der Waals surface area (Å²) in [7, 11) is 0. The van der Waals surface area contributed by atoms with Gasteiger partial charge in [0.15, 0.2) is 5.78 Å². The van der Waals surface area contributed by atoms with Gasteiger partial charge in [0.05, 0.1) is 18.2 Å². The first-order valence-electron chi connectivity index (χ1n) is 6.66. The summed E-state index contributed by atoms with van der Waals surface area (Å²) in [5, 5.41) is 0.651. The lowest BCUT2D eigenvalue weighted by atomic mass is 10.0. The van der Waals surface area contributed by atoms with Crippen molar-refractivity contribution in [3.63, 3.8) is 0 Å². The Bertz CT molecular complexity index is 436. The third-order valence-electron chi connectivity index (χ3n) is 3.50. The van der Waals surface area contributed by atoms with Crippen molar-refractivity contribution in [3.05, 3.63) is 34.9 Å². The highest BCUT2D eigenvalue weighted by Gasteiger charge is 2.29. The van der Waals surface area contributed by atoms with Gasteiger partial charge in [0, 0.05) is 23.7 Å². The summed E-state index contributed by atoms with van der Waals surface area (Å²) in [6.07, 6.45) is 0.341. The predicted molar refractivity (Wildman–Crippen MR) is 76.8 cm³/mol. The molecule has 0 amide bonds. The molecule has 1 aliphatic rings. The second-order valence-electron chi connectivity index (χ2n) is 5.26. The van der Waals surface area contributed by atoms with Crippen LogP contribution in [0.2, 0.25) is 5.02 Å². The molecule has 104 valence electrons. The molecule has 3 nitrogen and oxygen atoms in total. The molecule has 3 unspecified atom stereocenters. The predicted octanol–water partition coefficient (Wildman–Crippen LogP) is 3.02. The summed E-state index contributed by atoms with van der Waals surface area (Å²) in [5.74, 6) is 0.137. The van der Waals surface area contributed by atoms with Crippen LogP contribution in [-0.2, 0) is 4.74 Å². The minimum atomic E-state index is -0.130. The molecule has 0 saturated carbocycles. The van der Waals surface area contributed by atoms with E-state index in [9.17, 15) is 4.79 Å². The van der Waals surface area contributed by atoms with Crippen LogP contribution >= 0.6 is 11.6 Å². The van der Waals surface area contributed by atoms with Crippen LogP contribution in [0.25, 0.3) is 0 Å². The lowest BCUT2D eigenvalue weighted by Crippen LogP contribution is -2.51. The average molecular weight is 282 g/mol. The van der Waals surface area contributed by atoms with Gasteiger partial charge < -0.3 is 4.74 Å². The Kier molecular flexibility index (Phi) is 4.61. The van der Waals surface area contributed by atoms with Crippen molar-refractivity contribution in [2.75, 3.05) is 13.1 Å². The fourth-order valence-electron chi connectivity index (χ4n) is 2.56. The quantitative estimate of drug-likeness (QED) is 0.798. The van der Waals surface area contributed by atoms with E-state index in [1.54, 1.807) is 24.3 Å². The molecule has 1 saturated heterocycles. The zero-order valence-corrected chi connectivity index (χ0v) is 12.4. The fourth-order valence-corrected chi connectivity index (χ4v) is 2.68. The Labute approximate surface area is 119 Å². The summed E-state index contributed by atoms with van der Waals surface area (Å²) < 4.78 is 5.70. The molecule has 0 aliphatic carbocycles. The maximum Gasteiger partial charge on any atom is 0.179 e. The topological polar surface area (TPSA) is 29.5 Å². The van der Waals surface area contributed by atoms with Crippen LogP contribution in [0.15, 0.2) is 24.3 Å². The molecule has 19 heavy (non-hydrogen) atoms. The third-order valence-corrected chi connectivity index (χ3v) is 3.76. The molecular formula is C15H20ClNO2. The van der Waals surface area contributed by atoms with Gasteiger partial charge in [-0.05, 0) is 45.0 Å². The van der Waals surface area contributed by atoms with Crippen LogP contribution in [0.4, 0.5) is 0 Å². The first-order chi connectivity index (χ1) is 8.97. The van der Waals surface area contributed by atoms with Crippen molar-refractivity contribution in [2.24, 2.45) is 0 Å². The van der Waals surface area contributed by atoms with E-state index in [-0.39, 0.29) is 24.0 Å². The number of hydrogen-bond donors (Lipinski definition) is 0. The second kappa shape index (κ2) is 6.04. The molecule has 3 atom stereocenters. The van der Waals surface area contributed by atoms with E-state index in [1.165, 1.54) is 0 Å². The van der Waals surface area contributed by atoms with E-state index in [0.29, 0.717) is 10.6 Å². The van der Waals surface area contributed by atoms with Crippen molar-refractivity contribution >= 4 is 17.4 Å². The number of halogens is 1. The van der Waals surface area contributed by atoms with Gasteiger partial charge in [0.2, 0.25) is 0 Å². The Hall–Kier alpha value is -0.900. The highest BCUT2D eigenvalue weighted by Crippen LogP contribution is 2.17. The molecule has 1 heterocycles. The Morgan fingerprint density at radius 2 is 1.79 bits per heavy atom. The van der Waals surface area contributed by atoms with Gasteiger partial charge in [-0.25, -0.2) is 0 Å². The Morgan fingerprint density at radius 1 is 1.26 bits per heavy atom. The van der Waals surface area contributed by atoms with Crippen molar-refractivity contribution in [3.8, 4) is 0 Å². The molecule has 2 rings (SSSR count). The van der Waals surface area contributed by atoms with Crippen LogP contribution in [0.1, 0.15) is 31.1 Å². The highest BCUT2D eigenvalue weighted by atomic mass is 35.5. The lowest BCUT2D eigenvalue weighted by Gasteiger charge is -2.38. The van der Waals surface area contributed by atoms with Gasteiger partial charge in [0.1, 0.15) is 0 Å². The van der Waals surface area contributed by atoms with Crippen LogP contribution < -0.4 is 0 Å². The fraction of sp³-hybridized carbons (Fsp3) is 0.533. The van der Waals surface area contributed by atoms with E-state index >= 15 is 0 Å². The standard InChI is InChI=1S/C15H20ClNO2/c1-10-8-17(9-11(2)19-10)12(3)15(18)13-4-6-14(16)7-5-13/h4-7,10-12H,8-9H2,1-3H3. The zero-order valence-electron chi connectivity index (χ0n) is 11.6. The maximum absolute atomic E-state index is 12.4. The number of hydrogen-bond acceptors (Lipinski definition) is 3. The first kappa shape index (κ1) is 14.5. The number of rotatable bonds is 3. The number of nitrogens with zero attached hydrogens (tertiary/aromatic N) is 1. The summed E-state index contributed by atoms with van der Waals surface area (Å²) in [6, 6.07) is 6.95. The minimum absolute atomic E-state index is 0.130. The zero-order chi connectivity index (χ0) is 14.0. The molecule has 1 aromatic carbocycles. The molecule has 1 aliphatic heterocycles. The number of ether oxygens (including phenoxy) is 1. The largest absolute Gasteiger partial charge is 0.373 e. The molecule has 0 N–H and O–H groups in total. The van der Waals surface area contributed by atoms with Crippen LogP contribution in [-0.4, -0.2) is 42.0 Å². The van der Waals surface area contributed by atoms with Crippen molar-refractivity contribution in [1.82, 2.24) is 4.90 Å². The van der Waals surface area contributed by atoms with Crippen LogP contribution in [0, 0.1) is 0 Å². The molecule has 0 aromatic heterocycles. The van der Waals surface area contributed by atoms with Gasteiger partial charge in [-0.2, -0.15) is 0 Å².